The Balaban J connectivity index is 2.14. The monoisotopic (exact) mass is 262 g/mol. The molecule has 0 aliphatic rings. The third kappa shape index (κ3) is 2.67. The third-order valence-electron chi connectivity index (χ3n) is 1.81. The van der Waals surface area contributed by atoms with Crippen LogP contribution < -0.4 is 0 Å². The maximum atomic E-state index is 12.1. The standard InChI is InChI=1S/C8H5F3N4OS/c9-8(10,11)7(16)5-3-15(14-13-5)4-6-12-1-2-17-6/h1-3H,4H2. The van der Waals surface area contributed by atoms with Crippen LogP contribution in [-0.2, 0) is 6.54 Å². The average molecular weight is 262 g/mol. The summed E-state index contributed by atoms with van der Waals surface area (Å²) in [6, 6.07) is 0. The third-order valence-corrected chi connectivity index (χ3v) is 2.57. The van der Waals surface area contributed by atoms with E-state index in [1.54, 1.807) is 11.6 Å². The van der Waals surface area contributed by atoms with Crippen LogP contribution in [0.3, 0.4) is 0 Å². The molecule has 0 aromatic carbocycles. The van der Waals surface area contributed by atoms with Gasteiger partial charge in [-0.3, -0.25) is 4.79 Å². The Morgan fingerprint density at radius 3 is 2.82 bits per heavy atom. The molecule has 2 heterocycles. The van der Waals surface area contributed by atoms with E-state index in [1.807, 2.05) is 0 Å². The van der Waals surface area contributed by atoms with Crippen molar-refractivity contribution in [3.8, 4) is 0 Å². The zero-order chi connectivity index (χ0) is 12.5. The number of aromatic nitrogens is 4. The Morgan fingerprint density at radius 2 is 2.24 bits per heavy atom. The number of hydrogen-bond acceptors (Lipinski definition) is 5. The molecule has 17 heavy (non-hydrogen) atoms. The van der Waals surface area contributed by atoms with Crippen LogP contribution in [-0.4, -0.2) is 31.9 Å². The normalized spacial score (nSPS) is 11.7. The molecule has 0 atom stereocenters. The molecule has 0 radical (unpaired) electrons. The van der Waals surface area contributed by atoms with Gasteiger partial charge in [0.1, 0.15) is 5.01 Å². The highest BCUT2D eigenvalue weighted by molar-refractivity contribution is 7.09. The van der Waals surface area contributed by atoms with Crippen LogP contribution in [0.1, 0.15) is 15.5 Å². The largest absolute Gasteiger partial charge is 0.456 e. The minimum absolute atomic E-state index is 0.190. The van der Waals surface area contributed by atoms with Gasteiger partial charge in [0.2, 0.25) is 0 Å². The van der Waals surface area contributed by atoms with Crippen molar-refractivity contribution >= 4 is 17.1 Å². The highest BCUT2D eigenvalue weighted by atomic mass is 32.1. The summed E-state index contributed by atoms with van der Waals surface area (Å²) in [5.74, 6) is -2.00. The van der Waals surface area contributed by atoms with Crippen molar-refractivity contribution in [2.75, 3.05) is 0 Å². The van der Waals surface area contributed by atoms with E-state index in [1.165, 1.54) is 11.3 Å². The van der Waals surface area contributed by atoms with Crippen molar-refractivity contribution in [3.63, 3.8) is 0 Å². The first-order valence-corrected chi connectivity index (χ1v) is 5.25. The van der Waals surface area contributed by atoms with Crippen molar-refractivity contribution in [2.45, 2.75) is 12.7 Å². The number of thiazole rings is 1. The molecule has 2 rings (SSSR count). The van der Waals surface area contributed by atoms with Crippen LogP contribution in [0.4, 0.5) is 13.2 Å². The van der Waals surface area contributed by atoms with Gasteiger partial charge < -0.3 is 0 Å². The van der Waals surface area contributed by atoms with Gasteiger partial charge >= 0.3 is 6.18 Å². The van der Waals surface area contributed by atoms with E-state index in [0.29, 0.717) is 5.01 Å². The number of carbonyl (C=O) groups is 1. The highest BCUT2D eigenvalue weighted by Gasteiger charge is 2.41. The highest BCUT2D eigenvalue weighted by Crippen LogP contribution is 2.20. The first-order valence-electron chi connectivity index (χ1n) is 4.37. The average Bonchev–Trinajstić information content (AvgIpc) is 2.87. The summed E-state index contributed by atoms with van der Waals surface area (Å²) in [5.41, 5.74) is -0.714. The van der Waals surface area contributed by atoms with Gasteiger partial charge in [-0.25, -0.2) is 9.67 Å². The number of hydrogen-bond donors (Lipinski definition) is 0. The van der Waals surface area contributed by atoms with E-state index in [0.717, 1.165) is 10.9 Å². The molecule has 0 saturated carbocycles. The number of Topliss-reactive ketones (excluding diaryl/α,β-unsaturated/α-hetero) is 1. The quantitative estimate of drug-likeness (QED) is 0.787. The van der Waals surface area contributed by atoms with Crippen molar-refractivity contribution in [3.05, 3.63) is 28.5 Å². The molecule has 2 aromatic rings. The molecule has 0 saturated heterocycles. The number of ketones is 1. The molecule has 0 aliphatic carbocycles. The van der Waals surface area contributed by atoms with Crippen molar-refractivity contribution in [2.24, 2.45) is 0 Å². The van der Waals surface area contributed by atoms with Crippen LogP contribution in [0.15, 0.2) is 17.8 Å². The van der Waals surface area contributed by atoms with Gasteiger partial charge in [-0.2, -0.15) is 13.2 Å². The Labute approximate surface area is 96.9 Å². The fourth-order valence-corrected chi connectivity index (χ4v) is 1.70. The van der Waals surface area contributed by atoms with E-state index >= 15 is 0 Å². The van der Waals surface area contributed by atoms with Crippen LogP contribution in [0.5, 0.6) is 0 Å². The van der Waals surface area contributed by atoms with Crippen molar-refractivity contribution in [1.82, 2.24) is 20.0 Å². The maximum Gasteiger partial charge on any atom is 0.456 e. The zero-order valence-corrected chi connectivity index (χ0v) is 8.99. The number of rotatable bonds is 3. The van der Waals surface area contributed by atoms with Gasteiger partial charge in [0.15, 0.2) is 5.69 Å². The fraction of sp³-hybridized carbons (Fsp3) is 0.250. The zero-order valence-electron chi connectivity index (χ0n) is 8.18. The number of nitrogens with zero attached hydrogens (tertiary/aromatic N) is 4. The van der Waals surface area contributed by atoms with Gasteiger partial charge in [0, 0.05) is 11.6 Å². The molecule has 0 N–H and O–H groups in total. The SMILES string of the molecule is O=C(c1cn(Cc2nccs2)nn1)C(F)(F)F. The summed E-state index contributed by atoms with van der Waals surface area (Å²) in [7, 11) is 0. The van der Waals surface area contributed by atoms with E-state index in [-0.39, 0.29) is 6.54 Å². The van der Waals surface area contributed by atoms with Crippen LogP contribution >= 0.6 is 11.3 Å². The smallest absolute Gasteiger partial charge is 0.282 e. The molecular weight excluding hydrogens is 257 g/mol. The molecule has 0 bridgehead atoms. The Hall–Kier alpha value is -1.77. The molecule has 0 amide bonds. The molecular formula is C8H5F3N4OS. The van der Waals surface area contributed by atoms with Crippen molar-refractivity contribution < 1.29 is 18.0 Å². The van der Waals surface area contributed by atoms with Crippen molar-refractivity contribution in [1.29, 1.82) is 0 Å². The predicted molar refractivity (Wildman–Crippen MR) is 51.6 cm³/mol. The molecule has 0 aliphatic heterocycles. The fourth-order valence-electron chi connectivity index (χ4n) is 1.09. The summed E-state index contributed by atoms with van der Waals surface area (Å²) in [5, 5.41) is 9.02. The number of carbonyl (C=O) groups excluding carboxylic acids is 1. The van der Waals surface area contributed by atoms with E-state index in [9.17, 15) is 18.0 Å². The lowest BCUT2D eigenvalue weighted by Crippen LogP contribution is -2.23. The van der Waals surface area contributed by atoms with Crippen LogP contribution in [0.2, 0.25) is 0 Å². The summed E-state index contributed by atoms with van der Waals surface area (Å²) in [6.07, 6.45) is -2.40. The topological polar surface area (TPSA) is 60.7 Å². The van der Waals surface area contributed by atoms with E-state index in [2.05, 4.69) is 15.3 Å². The van der Waals surface area contributed by atoms with E-state index in [4.69, 9.17) is 0 Å². The Kier molecular flexibility index (Phi) is 2.92. The Bertz CT molecular complexity index is 519. The second-order valence-electron chi connectivity index (χ2n) is 3.05. The molecule has 2 aromatic heterocycles. The lowest BCUT2D eigenvalue weighted by Gasteiger charge is -1.99. The molecule has 0 spiro atoms. The summed E-state index contributed by atoms with van der Waals surface area (Å²) >= 11 is 1.33. The molecule has 90 valence electrons. The minimum atomic E-state index is -4.93. The second-order valence-corrected chi connectivity index (χ2v) is 4.03. The molecule has 0 unspecified atom stereocenters. The van der Waals surface area contributed by atoms with Gasteiger partial charge in [-0.15, -0.1) is 16.4 Å². The van der Waals surface area contributed by atoms with Gasteiger partial charge in [0.05, 0.1) is 12.7 Å². The van der Waals surface area contributed by atoms with Gasteiger partial charge in [-0.1, -0.05) is 5.21 Å². The number of alkyl halides is 3. The summed E-state index contributed by atoms with van der Waals surface area (Å²) in [6.45, 7) is 0.190. The van der Waals surface area contributed by atoms with Gasteiger partial charge in [-0.05, 0) is 0 Å². The molecule has 5 nitrogen and oxygen atoms in total. The van der Waals surface area contributed by atoms with Crippen LogP contribution in [0.25, 0.3) is 0 Å². The Morgan fingerprint density at radius 1 is 1.47 bits per heavy atom. The lowest BCUT2D eigenvalue weighted by molar-refractivity contribution is -0.0888. The summed E-state index contributed by atoms with van der Waals surface area (Å²) in [4.78, 5) is 14.8. The van der Waals surface area contributed by atoms with E-state index < -0.39 is 17.7 Å². The minimum Gasteiger partial charge on any atom is -0.282 e. The van der Waals surface area contributed by atoms with Gasteiger partial charge in [0.25, 0.3) is 5.78 Å². The first-order chi connectivity index (χ1) is 7.97. The maximum absolute atomic E-state index is 12.1. The first kappa shape index (κ1) is 11.7. The predicted octanol–water partition coefficient (Wildman–Crippen LogP) is 1.53. The second kappa shape index (κ2) is 4.24. The molecule has 0 fully saturated rings. The number of halogens is 3. The van der Waals surface area contributed by atoms with Crippen LogP contribution in [0, 0.1) is 0 Å². The summed E-state index contributed by atoms with van der Waals surface area (Å²) < 4.78 is 37.4. The lowest BCUT2D eigenvalue weighted by atomic mass is 10.3. The molecule has 9 heteroatoms.